The van der Waals surface area contributed by atoms with Crippen molar-refractivity contribution in [1.29, 1.82) is 0 Å². The molecular weight excluding hydrogens is 309 g/mol. The van der Waals surface area contributed by atoms with E-state index in [-0.39, 0.29) is 10.0 Å². The number of carbonyl (C=O) groups excluding carboxylic acids is 1. The van der Waals surface area contributed by atoms with Crippen LogP contribution in [-0.2, 0) is 4.79 Å². The van der Waals surface area contributed by atoms with Crippen molar-refractivity contribution in [3.63, 3.8) is 0 Å². The summed E-state index contributed by atoms with van der Waals surface area (Å²) in [5, 5.41) is 18.0. The molecule has 1 unspecified atom stereocenters. The fourth-order valence-corrected chi connectivity index (χ4v) is 1.67. The summed E-state index contributed by atoms with van der Waals surface area (Å²) in [4.78, 5) is 23.6. The van der Waals surface area contributed by atoms with Gasteiger partial charge in [-0.2, -0.15) is 0 Å². The van der Waals surface area contributed by atoms with E-state index in [1.165, 1.54) is 20.0 Å². The number of phenols is 1. The number of likely N-dealkylation sites (N-methyl/N-ethyl adjacent to an activating group) is 1. The summed E-state index contributed by atoms with van der Waals surface area (Å²) in [7, 11) is 1.31. The summed E-state index contributed by atoms with van der Waals surface area (Å²) in [6.07, 6.45) is 0. The largest absolute Gasteiger partial charge is 0.504 e. The molecular formula is C11H11BrFNO4. The second-order valence-corrected chi connectivity index (χ2v) is 4.57. The first-order chi connectivity index (χ1) is 8.25. The smallest absolute Gasteiger partial charge is 0.326 e. The number of rotatable bonds is 3. The van der Waals surface area contributed by atoms with E-state index in [1.54, 1.807) is 0 Å². The maximum Gasteiger partial charge on any atom is 0.326 e. The highest BCUT2D eigenvalue weighted by atomic mass is 79.9. The van der Waals surface area contributed by atoms with E-state index in [0.717, 1.165) is 11.0 Å². The first-order valence-corrected chi connectivity index (χ1v) is 5.73. The Hall–Kier alpha value is -1.63. The molecule has 0 fully saturated rings. The molecule has 98 valence electrons. The molecule has 0 aliphatic heterocycles. The van der Waals surface area contributed by atoms with Crippen LogP contribution in [0.25, 0.3) is 0 Å². The first-order valence-electron chi connectivity index (χ1n) is 4.93. The van der Waals surface area contributed by atoms with Gasteiger partial charge >= 0.3 is 5.97 Å². The van der Waals surface area contributed by atoms with E-state index in [4.69, 9.17) is 5.11 Å². The molecule has 1 aromatic rings. The van der Waals surface area contributed by atoms with Gasteiger partial charge in [-0.05, 0) is 35.0 Å². The topological polar surface area (TPSA) is 77.8 Å². The highest BCUT2D eigenvalue weighted by molar-refractivity contribution is 9.10. The summed E-state index contributed by atoms with van der Waals surface area (Å²) in [5.41, 5.74) is -0.0484. The Labute approximate surface area is 111 Å². The molecule has 0 aliphatic carbocycles. The lowest BCUT2D eigenvalue weighted by Gasteiger charge is -2.21. The Balaban J connectivity index is 3.08. The number of amides is 1. The molecule has 18 heavy (non-hydrogen) atoms. The molecule has 7 heteroatoms. The van der Waals surface area contributed by atoms with E-state index >= 15 is 0 Å². The minimum atomic E-state index is -1.16. The Kier molecular flexibility index (Phi) is 4.28. The number of aliphatic carboxylic acids is 1. The van der Waals surface area contributed by atoms with Crippen molar-refractivity contribution in [2.45, 2.75) is 13.0 Å². The molecule has 0 spiro atoms. The van der Waals surface area contributed by atoms with Crippen LogP contribution >= 0.6 is 15.9 Å². The van der Waals surface area contributed by atoms with Gasteiger partial charge in [0, 0.05) is 12.6 Å². The molecule has 2 N–H and O–H groups in total. The monoisotopic (exact) mass is 319 g/mol. The fraction of sp³-hybridized carbons (Fsp3) is 0.273. The molecule has 1 atom stereocenters. The van der Waals surface area contributed by atoms with Crippen molar-refractivity contribution in [2.75, 3.05) is 7.05 Å². The number of aromatic hydroxyl groups is 1. The van der Waals surface area contributed by atoms with E-state index < -0.39 is 29.5 Å². The van der Waals surface area contributed by atoms with E-state index in [1.807, 2.05) is 0 Å². The Morgan fingerprint density at radius 3 is 2.44 bits per heavy atom. The number of carbonyl (C=O) groups is 2. The minimum Gasteiger partial charge on any atom is -0.504 e. The maximum absolute atomic E-state index is 13.3. The molecule has 0 radical (unpaired) electrons. The Morgan fingerprint density at radius 1 is 1.44 bits per heavy atom. The second kappa shape index (κ2) is 5.34. The molecule has 0 aliphatic rings. The van der Waals surface area contributed by atoms with Crippen molar-refractivity contribution >= 4 is 27.8 Å². The van der Waals surface area contributed by atoms with Crippen molar-refractivity contribution in [3.05, 3.63) is 28.0 Å². The third-order valence-electron chi connectivity index (χ3n) is 2.52. The SMILES string of the molecule is CC(C(=O)O)N(C)C(=O)c1cc(F)c(O)c(Br)c1. The first kappa shape index (κ1) is 14.4. The standard InChI is InChI=1S/C11H11BrFNO4/c1-5(11(17)18)14(2)10(16)6-3-7(12)9(15)8(13)4-6/h3-5,15H,1-2H3,(H,17,18). The van der Waals surface area contributed by atoms with Crippen LogP contribution in [-0.4, -0.2) is 40.1 Å². The number of nitrogens with zero attached hydrogens (tertiary/aromatic N) is 1. The number of hydrogen-bond donors (Lipinski definition) is 2. The van der Waals surface area contributed by atoms with Gasteiger partial charge in [-0.3, -0.25) is 4.79 Å². The van der Waals surface area contributed by atoms with E-state index in [0.29, 0.717) is 0 Å². The number of phenolic OH excluding ortho intramolecular Hbond substituents is 1. The molecule has 0 heterocycles. The summed E-state index contributed by atoms with van der Waals surface area (Å²) < 4.78 is 13.3. The number of carboxylic acid groups (broad SMARTS) is 1. The van der Waals surface area contributed by atoms with Crippen LogP contribution in [0.2, 0.25) is 0 Å². The average Bonchev–Trinajstić information content (AvgIpc) is 2.32. The Morgan fingerprint density at radius 2 is 2.00 bits per heavy atom. The summed E-state index contributed by atoms with van der Waals surface area (Å²) in [6, 6.07) is 1.05. The van der Waals surface area contributed by atoms with E-state index in [9.17, 15) is 19.1 Å². The number of hydrogen-bond acceptors (Lipinski definition) is 3. The molecule has 5 nitrogen and oxygen atoms in total. The van der Waals surface area contributed by atoms with Gasteiger partial charge in [-0.15, -0.1) is 0 Å². The lowest BCUT2D eigenvalue weighted by atomic mass is 10.1. The van der Waals surface area contributed by atoms with Crippen LogP contribution in [0.15, 0.2) is 16.6 Å². The summed E-state index contributed by atoms with van der Waals surface area (Å²) in [6.45, 7) is 1.34. The van der Waals surface area contributed by atoms with Gasteiger partial charge in [-0.25, -0.2) is 9.18 Å². The lowest BCUT2D eigenvalue weighted by molar-refractivity contribution is -0.141. The minimum absolute atomic E-state index is 0.0298. The van der Waals surface area contributed by atoms with Gasteiger partial charge in [0.1, 0.15) is 6.04 Å². The molecule has 0 saturated carbocycles. The highest BCUT2D eigenvalue weighted by Crippen LogP contribution is 2.28. The van der Waals surface area contributed by atoms with Crippen molar-refractivity contribution < 1.29 is 24.2 Å². The predicted octanol–water partition coefficient (Wildman–Crippen LogP) is 1.84. The molecule has 0 saturated heterocycles. The maximum atomic E-state index is 13.3. The van der Waals surface area contributed by atoms with Crippen molar-refractivity contribution in [3.8, 4) is 5.75 Å². The van der Waals surface area contributed by atoms with Crippen LogP contribution in [0.4, 0.5) is 4.39 Å². The van der Waals surface area contributed by atoms with Crippen LogP contribution in [0.3, 0.4) is 0 Å². The van der Waals surface area contributed by atoms with Crippen LogP contribution in [0, 0.1) is 5.82 Å². The second-order valence-electron chi connectivity index (χ2n) is 3.72. The fourth-order valence-electron chi connectivity index (χ4n) is 1.23. The predicted molar refractivity (Wildman–Crippen MR) is 65.0 cm³/mol. The van der Waals surface area contributed by atoms with Gasteiger partial charge in [0.15, 0.2) is 11.6 Å². The van der Waals surface area contributed by atoms with Crippen LogP contribution in [0.1, 0.15) is 17.3 Å². The number of benzene rings is 1. The van der Waals surface area contributed by atoms with Gasteiger partial charge < -0.3 is 15.1 Å². The summed E-state index contributed by atoms with van der Waals surface area (Å²) in [5.74, 6) is -3.36. The van der Waals surface area contributed by atoms with Gasteiger partial charge in [0.05, 0.1) is 4.47 Å². The molecule has 0 bridgehead atoms. The Bertz CT molecular complexity index is 483. The average molecular weight is 320 g/mol. The number of carboxylic acids is 1. The van der Waals surface area contributed by atoms with Crippen molar-refractivity contribution in [1.82, 2.24) is 4.90 Å². The zero-order valence-corrected chi connectivity index (χ0v) is 11.2. The third-order valence-corrected chi connectivity index (χ3v) is 3.13. The van der Waals surface area contributed by atoms with E-state index in [2.05, 4.69) is 15.9 Å². The van der Waals surface area contributed by atoms with Crippen molar-refractivity contribution in [2.24, 2.45) is 0 Å². The van der Waals surface area contributed by atoms with Gasteiger partial charge in [-0.1, -0.05) is 0 Å². The third kappa shape index (κ3) is 2.79. The molecule has 1 aromatic carbocycles. The normalized spacial score (nSPS) is 12.0. The highest BCUT2D eigenvalue weighted by Gasteiger charge is 2.24. The van der Waals surface area contributed by atoms with Gasteiger partial charge in [0.2, 0.25) is 0 Å². The lowest BCUT2D eigenvalue weighted by Crippen LogP contribution is -2.40. The van der Waals surface area contributed by atoms with Crippen LogP contribution < -0.4 is 0 Å². The number of halogens is 2. The zero-order valence-electron chi connectivity index (χ0n) is 9.65. The zero-order chi connectivity index (χ0) is 14.0. The molecule has 0 aromatic heterocycles. The molecule has 1 rings (SSSR count). The van der Waals surface area contributed by atoms with Gasteiger partial charge in [0.25, 0.3) is 5.91 Å². The summed E-state index contributed by atoms with van der Waals surface area (Å²) >= 11 is 2.90. The van der Waals surface area contributed by atoms with Crippen LogP contribution in [0.5, 0.6) is 5.75 Å². The molecule has 1 amide bonds. The quantitative estimate of drug-likeness (QED) is 0.891.